The lowest BCUT2D eigenvalue weighted by atomic mass is 9.99. The molecule has 0 N–H and O–H groups in total. The zero-order valence-electron chi connectivity index (χ0n) is 13.1. The van der Waals surface area contributed by atoms with E-state index < -0.39 is 0 Å². The van der Waals surface area contributed by atoms with Crippen LogP contribution in [0.3, 0.4) is 0 Å². The SMILES string of the molecule is CCCCC(CC)COc1ccc(C(C)CC)cc1. The van der Waals surface area contributed by atoms with Gasteiger partial charge in [0.05, 0.1) is 6.61 Å². The normalized spacial score (nSPS) is 14.1. The Morgan fingerprint density at radius 3 is 2.21 bits per heavy atom. The maximum atomic E-state index is 5.92. The van der Waals surface area contributed by atoms with Gasteiger partial charge in [0, 0.05) is 0 Å². The van der Waals surface area contributed by atoms with E-state index in [0.29, 0.717) is 11.8 Å². The van der Waals surface area contributed by atoms with E-state index in [-0.39, 0.29) is 0 Å². The predicted octanol–water partition coefficient (Wildman–Crippen LogP) is 5.80. The quantitative estimate of drug-likeness (QED) is 0.547. The lowest BCUT2D eigenvalue weighted by molar-refractivity contribution is 0.233. The molecule has 2 unspecified atom stereocenters. The number of hydrogen-bond acceptors (Lipinski definition) is 1. The van der Waals surface area contributed by atoms with Gasteiger partial charge in [-0.2, -0.15) is 0 Å². The first-order valence-electron chi connectivity index (χ1n) is 7.93. The highest BCUT2D eigenvalue weighted by molar-refractivity contribution is 5.29. The Balaban J connectivity index is 2.44. The van der Waals surface area contributed by atoms with E-state index in [1.165, 1.54) is 37.7 Å². The van der Waals surface area contributed by atoms with Crippen LogP contribution in [0.2, 0.25) is 0 Å². The number of benzene rings is 1. The zero-order chi connectivity index (χ0) is 14.1. The van der Waals surface area contributed by atoms with Crippen molar-refractivity contribution in [1.29, 1.82) is 0 Å². The van der Waals surface area contributed by atoms with E-state index in [9.17, 15) is 0 Å². The molecule has 0 aliphatic heterocycles. The maximum absolute atomic E-state index is 5.92. The lowest BCUT2D eigenvalue weighted by Crippen LogP contribution is -2.11. The van der Waals surface area contributed by atoms with Gasteiger partial charge in [0.25, 0.3) is 0 Å². The molecular formula is C18H30O. The van der Waals surface area contributed by atoms with Gasteiger partial charge in [-0.1, -0.05) is 59.1 Å². The Morgan fingerprint density at radius 1 is 1.00 bits per heavy atom. The highest BCUT2D eigenvalue weighted by Gasteiger charge is 2.07. The van der Waals surface area contributed by atoms with E-state index in [4.69, 9.17) is 4.74 Å². The van der Waals surface area contributed by atoms with Crippen LogP contribution in [-0.4, -0.2) is 6.61 Å². The number of rotatable bonds is 9. The molecule has 0 fully saturated rings. The van der Waals surface area contributed by atoms with Crippen molar-refractivity contribution in [2.75, 3.05) is 6.61 Å². The highest BCUT2D eigenvalue weighted by Crippen LogP contribution is 2.22. The van der Waals surface area contributed by atoms with Crippen molar-refractivity contribution in [3.05, 3.63) is 29.8 Å². The van der Waals surface area contributed by atoms with Crippen LogP contribution in [0, 0.1) is 5.92 Å². The van der Waals surface area contributed by atoms with Crippen LogP contribution in [0.5, 0.6) is 5.75 Å². The lowest BCUT2D eigenvalue weighted by Gasteiger charge is -2.16. The summed E-state index contributed by atoms with van der Waals surface area (Å²) in [4.78, 5) is 0. The molecule has 0 radical (unpaired) electrons. The van der Waals surface area contributed by atoms with Crippen LogP contribution in [0.25, 0.3) is 0 Å². The minimum atomic E-state index is 0.641. The molecule has 0 bridgehead atoms. The van der Waals surface area contributed by atoms with E-state index in [1.807, 2.05) is 0 Å². The molecule has 0 aromatic heterocycles. The van der Waals surface area contributed by atoms with E-state index in [0.717, 1.165) is 12.4 Å². The summed E-state index contributed by atoms with van der Waals surface area (Å²) in [6.45, 7) is 9.87. The van der Waals surface area contributed by atoms with Crippen LogP contribution in [0.1, 0.15) is 71.3 Å². The molecule has 108 valence electrons. The average molecular weight is 262 g/mol. The first-order chi connectivity index (χ1) is 9.21. The van der Waals surface area contributed by atoms with Gasteiger partial charge >= 0.3 is 0 Å². The third-order valence-corrected chi connectivity index (χ3v) is 4.09. The van der Waals surface area contributed by atoms with Crippen LogP contribution >= 0.6 is 0 Å². The van der Waals surface area contributed by atoms with Gasteiger partial charge in [-0.25, -0.2) is 0 Å². The second kappa shape index (κ2) is 9.01. The van der Waals surface area contributed by atoms with Gasteiger partial charge in [0.15, 0.2) is 0 Å². The molecule has 1 heteroatoms. The minimum Gasteiger partial charge on any atom is -0.493 e. The van der Waals surface area contributed by atoms with E-state index in [1.54, 1.807) is 0 Å². The Morgan fingerprint density at radius 2 is 1.68 bits per heavy atom. The van der Waals surface area contributed by atoms with Gasteiger partial charge in [0.2, 0.25) is 0 Å². The molecule has 1 aromatic carbocycles. The summed E-state index contributed by atoms with van der Waals surface area (Å²) in [7, 11) is 0. The average Bonchev–Trinajstić information content (AvgIpc) is 2.47. The first-order valence-corrected chi connectivity index (χ1v) is 7.93. The summed E-state index contributed by atoms with van der Waals surface area (Å²) >= 11 is 0. The van der Waals surface area contributed by atoms with Crippen LogP contribution < -0.4 is 4.74 Å². The molecule has 19 heavy (non-hydrogen) atoms. The van der Waals surface area contributed by atoms with Gasteiger partial charge < -0.3 is 4.74 Å². The van der Waals surface area contributed by atoms with Crippen molar-refractivity contribution in [1.82, 2.24) is 0 Å². The largest absolute Gasteiger partial charge is 0.493 e. The first kappa shape index (κ1) is 16.1. The summed E-state index contributed by atoms with van der Waals surface area (Å²) in [5, 5.41) is 0. The minimum absolute atomic E-state index is 0.641. The van der Waals surface area contributed by atoms with Gasteiger partial charge in [-0.15, -0.1) is 0 Å². The molecular weight excluding hydrogens is 232 g/mol. The smallest absolute Gasteiger partial charge is 0.119 e. The molecule has 0 aliphatic carbocycles. The van der Waals surface area contributed by atoms with Crippen LogP contribution in [-0.2, 0) is 0 Å². The molecule has 0 amide bonds. The monoisotopic (exact) mass is 262 g/mol. The number of unbranched alkanes of at least 4 members (excludes halogenated alkanes) is 1. The van der Waals surface area contributed by atoms with Crippen LogP contribution in [0.4, 0.5) is 0 Å². The summed E-state index contributed by atoms with van der Waals surface area (Å²) < 4.78 is 5.92. The molecule has 0 saturated heterocycles. The molecule has 0 heterocycles. The van der Waals surface area contributed by atoms with Crippen molar-refractivity contribution < 1.29 is 4.74 Å². The number of hydrogen-bond donors (Lipinski definition) is 0. The Labute approximate surface area is 119 Å². The van der Waals surface area contributed by atoms with E-state index >= 15 is 0 Å². The number of ether oxygens (including phenoxy) is 1. The summed E-state index contributed by atoms with van der Waals surface area (Å²) in [5.41, 5.74) is 1.41. The molecule has 1 rings (SSSR count). The second-order valence-corrected chi connectivity index (χ2v) is 5.61. The van der Waals surface area contributed by atoms with Crippen molar-refractivity contribution in [3.8, 4) is 5.75 Å². The van der Waals surface area contributed by atoms with Crippen molar-refractivity contribution in [2.45, 2.75) is 65.7 Å². The summed E-state index contributed by atoms with van der Waals surface area (Å²) in [6.07, 6.45) is 6.28. The molecule has 0 aliphatic rings. The van der Waals surface area contributed by atoms with Crippen molar-refractivity contribution in [2.24, 2.45) is 5.92 Å². The maximum Gasteiger partial charge on any atom is 0.119 e. The highest BCUT2D eigenvalue weighted by atomic mass is 16.5. The van der Waals surface area contributed by atoms with E-state index in [2.05, 4.69) is 52.0 Å². The second-order valence-electron chi connectivity index (χ2n) is 5.61. The zero-order valence-corrected chi connectivity index (χ0v) is 13.1. The van der Waals surface area contributed by atoms with Gasteiger partial charge in [0.1, 0.15) is 5.75 Å². The third kappa shape index (κ3) is 5.67. The fourth-order valence-corrected chi connectivity index (χ4v) is 2.24. The molecule has 1 nitrogen and oxygen atoms in total. The van der Waals surface area contributed by atoms with Gasteiger partial charge in [-0.05, 0) is 42.4 Å². The summed E-state index contributed by atoms with van der Waals surface area (Å²) in [5.74, 6) is 2.36. The Bertz CT molecular complexity index is 328. The molecule has 0 spiro atoms. The molecule has 0 saturated carbocycles. The third-order valence-electron chi connectivity index (χ3n) is 4.09. The molecule has 2 atom stereocenters. The topological polar surface area (TPSA) is 9.23 Å². The van der Waals surface area contributed by atoms with Crippen LogP contribution in [0.15, 0.2) is 24.3 Å². The van der Waals surface area contributed by atoms with Crippen molar-refractivity contribution >= 4 is 0 Å². The van der Waals surface area contributed by atoms with Gasteiger partial charge in [-0.3, -0.25) is 0 Å². The fraction of sp³-hybridized carbons (Fsp3) is 0.667. The molecule has 1 aromatic rings. The fourth-order valence-electron chi connectivity index (χ4n) is 2.24. The Hall–Kier alpha value is -0.980. The van der Waals surface area contributed by atoms with Crippen molar-refractivity contribution in [3.63, 3.8) is 0 Å². The standard InChI is InChI=1S/C18H30O/c1-5-8-9-16(7-3)14-19-18-12-10-17(11-13-18)15(4)6-2/h10-13,15-16H,5-9,14H2,1-4H3. The Kier molecular flexibility index (Phi) is 7.62. The predicted molar refractivity (Wildman–Crippen MR) is 83.9 cm³/mol. The summed E-state index contributed by atoms with van der Waals surface area (Å²) in [6, 6.07) is 8.65.